The van der Waals surface area contributed by atoms with Gasteiger partial charge in [-0.1, -0.05) is 11.1 Å². The molecule has 0 saturated carbocycles. The van der Waals surface area contributed by atoms with Crippen LogP contribution in [0.1, 0.15) is 0 Å². The molecule has 1 N–H and O–H groups in total. The first kappa shape index (κ1) is 14.3. The Kier molecular flexibility index (Phi) is 7.67. The van der Waals surface area contributed by atoms with E-state index in [1.165, 1.54) is 0 Å². The number of nitrogens with one attached hydrogen (secondary N) is 1. The van der Waals surface area contributed by atoms with Crippen molar-refractivity contribution in [3.8, 4) is 0 Å². The number of halogens is 2. The molecule has 1 rings (SSSR count). The number of hydrogen-bond donors (Lipinski definition) is 1. The van der Waals surface area contributed by atoms with Crippen molar-refractivity contribution < 1.29 is 12.9 Å². The van der Waals surface area contributed by atoms with Gasteiger partial charge in [0.25, 0.3) is 0 Å². The minimum atomic E-state index is -1.21. The van der Waals surface area contributed by atoms with E-state index in [2.05, 4.69) is 29.6 Å². The van der Waals surface area contributed by atoms with Gasteiger partial charge in [0.1, 0.15) is 6.20 Å². The van der Waals surface area contributed by atoms with Crippen LogP contribution in [-0.4, -0.2) is 14.1 Å². The van der Waals surface area contributed by atoms with Gasteiger partial charge in [0.05, 0.1) is 0 Å². The zero-order valence-corrected chi connectivity index (χ0v) is 11.9. The van der Waals surface area contributed by atoms with Crippen LogP contribution in [0, 0.1) is 0 Å². The van der Waals surface area contributed by atoms with Gasteiger partial charge in [-0.25, -0.2) is 0 Å². The van der Waals surface area contributed by atoms with Crippen LogP contribution < -0.4 is 9.97 Å². The van der Waals surface area contributed by atoms with Gasteiger partial charge in [0.15, 0.2) is 0 Å². The molecule has 0 amide bonds. The molecule has 0 saturated heterocycles. The van der Waals surface area contributed by atoms with Gasteiger partial charge in [0, 0.05) is 6.08 Å². The SMILES string of the molecule is C[Si](C)(C)NC1=[N+]C=CC=C1.[Cl][Co][Cl]. The third-order valence-electron chi connectivity index (χ3n) is 1.17. The van der Waals surface area contributed by atoms with E-state index >= 15 is 0 Å². The molecule has 1 aliphatic heterocycles. The second kappa shape index (κ2) is 7.53. The van der Waals surface area contributed by atoms with E-state index in [9.17, 15) is 0 Å². The van der Waals surface area contributed by atoms with Gasteiger partial charge in [-0.05, 0) is 25.7 Å². The fourth-order valence-corrected chi connectivity index (χ4v) is 1.74. The monoisotopic (exact) mass is 295 g/mol. The minimum absolute atomic E-state index is 0.382. The maximum absolute atomic E-state index is 4.73. The zero-order valence-electron chi connectivity index (χ0n) is 8.35. The molecule has 0 aliphatic carbocycles. The van der Waals surface area contributed by atoms with E-state index < -0.39 is 8.24 Å². The molecule has 0 aromatic carbocycles. The van der Waals surface area contributed by atoms with Crippen molar-refractivity contribution >= 4 is 34.4 Å². The summed E-state index contributed by atoms with van der Waals surface area (Å²) in [4.78, 5) is 7.60. The Morgan fingerprint density at radius 3 is 2.21 bits per heavy atom. The Morgan fingerprint density at radius 1 is 1.29 bits per heavy atom. The predicted molar refractivity (Wildman–Crippen MR) is 63.6 cm³/mol. The van der Waals surface area contributed by atoms with Crippen molar-refractivity contribution in [2.24, 2.45) is 0 Å². The Hall–Kier alpha value is 0.253. The molecule has 0 unspecified atom stereocenters. The average molecular weight is 296 g/mol. The van der Waals surface area contributed by atoms with Crippen molar-refractivity contribution in [1.29, 1.82) is 0 Å². The van der Waals surface area contributed by atoms with Gasteiger partial charge in [0.2, 0.25) is 8.24 Å². The van der Waals surface area contributed by atoms with Crippen molar-refractivity contribution in [2.45, 2.75) is 19.6 Å². The molecule has 0 aromatic rings. The Morgan fingerprint density at radius 2 is 1.86 bits per heavy atom. The van der Waals surface area contributed by atoms with E-state index in [0.29, 0.717) is 12.9 Å². The fourth-order valence-electron chi connectivity index (χ4n) is 0.821. The molecule has 1 aliphatic rings. The molecule has 0 aromatic heterocycles. The maximum atomic E-state index is 4.73. The van der Waals surface area contributed by atoms with E-state index in [4.69, 9.17) is 20.3 Å². The van der Waals surface area contributed by atoms with E-state index in [1.54, 1.807) is 0 Å². The second-order valence-corrected chi connectivity index (χ2v) is 10.1. The van der Waals surface area contributed by atoms with E-state index in [-0.39, 0.29) is 0 Å². The van der Waals surface area contributed by atoms with Crippen LogP contribution in [-0.2, 0) is 12.9 Å². The van der Waals surface area contributed by atoms with Gasteiger partial charge < -0.3 is 4.98 Å². The van der Waals surface area contributed by atoms with Crippen LogP contribution in [0.5, 0.6) is 0 Å². The van der Waals surface area contributed by atoms with E-state index in [0.717, 1.165) is 5.84 Å². The average Bonchev–Trinajstić information content (AvgIpc) is 2.04. The van der Waals surface area contributed by atoms with Crippen molar-refractivity contribution in [3.05, 3.63) is 24.4 Å². The zero-order chi connectivity index (χ0) is 11.0. The molecular weight excluding hydrogens is 282 g/mol. The first-order valence-electron chi connectivity index (χ1n) is 4.02. The molecule has 1 radical (unpaired) electrons. The first-order chi connectivity index (χ1) is 6.49. The van der Waals surface area contributed by atoms with Gasteiger partial charge in [-0.3, -0.25) is 0 Å². The molecule has 0 bridgehead atoms. The number of allylic oxidation sites excluding steroid dienone is 2. The summed E-state index contributed by atoms with van der Waals surface area (Å²) in [5, 5.41) is 0. The first-order valence-corrected chi connectivity index (χ1v) is 10.4. The standard InChI is InChI=1S/C8H14N2Si.2ClH.Co/c1-11(2,3)10-8-6-4-5-7-9-8;;;/h4-7,10H,1-3H3;2*1H;/q+1;;;+2/p-2. The predicted octanol–water partition coefficient (Wildman–Crippen LogP) is 2.61. The third kappa shape index (κ3) is 8.83. The summed E-state index contributed by atoms with van der Waals surface area (Å²) in [6.07, 6.45) is 7.73. The van der Waals surface area contributed by atoms with Gasteiger partial charge >= 0.3 is 39.0 Å². The van der Waals surface area contributed by atoms with Crippen LogP contribution in [0.25, 0.3) is 0 Å². The Balaban J connectivity index is 0.000000500. The molecule has 2 nitrogen and oxygen atoms in total. The molecule has 1 heterocycles. The molecule has 6 heteroatoms. The summed E-state index contributed by atoms with van der Waals surface area (Å²) >= 11 is 0.382. The molecule has 0 spiro atoms. The number of rotatable bonds is 1. The van der Waals surface area contributed by atoms with Crippen LogP contribution in [0.15, 0.2) is 24.4 Å². The van der Waals surface area contributed by atoms with Gasteiger partial charge in [-0.15, -0.1) is 0 Å². The summed E-state index contributed by atoms with van der Waals surface area (Å²) in [6.45, 7) is 6.76. The summed E-state index contributed by atoms with van der Waals surface area (Å²) in [5.41, 5.74) is 0. The van der Waals surface area contributed by atoms with Crippen molar-refractivity contribution in [3.63, 3.8) is 0 Å². The van der Waals surface area contributed by atoms with Crippen LogP contribution >= 0.6 is 20.3 Å². The fraction of sp³-hybridized carbons (Fsp3) is 0.375. The molecule has 0 fully saturated rings. The normalized spacial score (nSPS) is 14.5. The molecular formula is C8H14Cl2CoN2Si+. The molecule has 0 atom stereocenters. The topological polar surface area (TPSA) is 26.1 Å². The summed E-state index contributed by atoms with van der Waals surface area (Å²) < 4.78 is 0. The quantitative estimate of drug-likeness (QED) is 0.740. The second-order valence-electron chi connectivity index (χ2n) is 3.64. The van der Waals surface area contributed by atoms with Crippen molar-refractivity contribution in [1.82, 2.24) is 9.97 Å². The Bertz CT molecular complexity index is 246. The van der Waals surface area contributed by atoms with E-state index in [1.807, 2.05) is 24.4 Å². The number of amidine groups is 1. The summed E-state index contributed by atoms with van der Waals surface area (Å²) in [7, 11) is 8.25. The van der Waals surface area contributed by atoms with Crippen LogP contribution in [0.4, 0.5) is 0 Å². The van der Waals surface area contributed by atoms with Crippen LogP contribution in [0.3, 0.4) is 0 Å². The van der Waals surface area contributed by atoms with Crippen molar-refractivity contribution in [2.75, 3.05) is 0 Å². The summed E-state index contributed by atoms with van der Waals surface area (Å²) in [6, 6.07) is 0. The molecule has 82 valence electrons. The molecule has 14 heavy (non-hydrogen) atoms. The Labute approximate surface area is 101 Å². The number of hydrogen-bond acceptors (Lipinski definition) is 2. The van der Waals surface area contributed by atoms with Gasteiger partial charge in [-0.2, -0.15) is 0 Å². The number of nitrogens with zero attached hydrogens (tertiary/aromatic N) is 1. The third-order valence-corrected chi connectivity index (χ3v) is 2.17. The number of aliphatic imine (C=N–C) groups is 1. The summed E-state index contributed by atoms with van der Waals surface area (Å²) in [5.74, 6) is 0.992. The van der Waals surface area contributed by atoms with Crippen LogP contribution in [0.2, 0.25) is 19.6 Å².